The molecular formula is C14H16FNO2S2. The van der Waals surface area contributed by atoms with Gasteiger partial charge in [0.05, 0.1) is 6.04 Å². The number of thiophene rings is 1. The summed E-state index contributed by atoms with van der Waals surface area (Å²) in [6, 6.07) is 8.76. The first-order chi connectivity index (χ1) is 9.42. The monoisotopic (exact) mass is 313 g/mol. The second kappa shape index (κ2) is 6.03. The number of rotatable bonds is 5. The lowest BCUT2D eigenvalue weighted by molar-refractivity contribution is 0.466. The summed E-state index contributed by atoms with van der Waals surface area (Å²) in [6.45, 7) is 3.85. The summed E-state index contributed by atoms with van der Waals surface area (Å²) in [5.74, 6) is -0.677. The number of hydrogen-bond acceptors (Lipinski definition) is 3. The zero-order valence-electron chi connectivity index (χ0n) is 11.2. The zero-order valence-corrected chi connectivity index (χ0v) is 12.8. The Kier molecular flexibility index (Phi) is 4.57. The van der Waals surface area contributed by atoms with Crippen LogP contribution in [0.15, 0.2) is 46.7 Å². The Bertz CT molecular complexity index is 666. The van der Waals surface area contributed by atoms with Gasteiger partial charge in [-0.3, -0.25) is 0 Å². The van der Waals surface area contributed by atoms with Crippen molar-refractivity contribution < 1.29 is 12.8 Å². The lowest BCUT2D eigenvalue weighted by Crippen LogP contribution is -2.31. The van der Waals surface area contributed by atoms with Gasteiger partial charge in [0.25, 0.3) is 0 Å². The van der Waals surface area contributed by atoms with Crippen molar-refractivity contribution in [2.45, 2.75) is 24.8 Å². The molecule has 1 atom stereocenters. The van der Waals surface area contributed by atoms with Crippen LogP contribution in [0.3, 0.4) is 0 Å². The van der Waals surface area contributed by atoms with E-state index in [1.165, 1.54) is 29.5 Å². The topological polar surface area (TPSA) is 46.2 Å². The maximum Gasteiger partial charge on any atom is 0.244 e. The molecule has 1 heterocycles. The molecule has 108 valence electrons. The van der Waals surface area contributed by atoms with Crippen molar-refractivity contribution in [2.75, 3.05) is 0 Å². The average molecular weight is 313 g/mol. The van der Waals surface area contributed by atoms with Gasteiger partial charge in [-0.2, -0.15) is 0 Å². The van der Waals surface area contributed by atoms with Gasteiger partial charge in [-0.15, -0.1) is 11.3 Å². The molecule has 1 N–H and O–H groups in total. The first-order valence-corrected chi connectivity index (χ1v) is 8.58. The van der Waals surface area contributed by atoms with Gasteiger partial charge in [0.1, 0.15) is 10.7 Å². The van der Waals surface area contributed by atoms with E-state index in [0.717, 1.165) is 10.9 Å². The third-order valence-corrected chi connectivity index (χ3v) is 5.35. The first-order valence-electron chi connectivity index (χ1n) is 6.22. The van der Waals surface area contributed by atoms with Crippen molar-refractivity contribution in [3.8, 4) is 0 Å². The highest BCUT2D eigenvalue weighted by atomic mass is 32.2. The van der Waals surface area contributed by atoms with Crippen LogP contribution in [0.1, 0.15) is 24.8 Å². The maximum absolute atomic E-state index is 13.7. The Morgan fingerprint density at radius 2 is 1.85 bits per heavy atom. The van der Waals surface area contributed by atoms with Crippen molar-refractivity contribution >= 4 is 21.4 Å². The molecule has 0 bridgehead atoms. The Morgan fingerprint density at radius 1 is 1.15 bits per heavy atom. The second-order valence-corrected chi connectivity index (χ2v) is 7.45. The van der Waals surface area contributed by atoms with Crippen LogP contribution in [0.5, 0.6) is 0 Å². The summed E-state index contributed by atoms with van der Waals surface area (Å²) in [7, 11) is -3.88. The number of halogens is 1. The molecule has 0 spiro atoms. The number of benzene rings is 1. The molecule has 0 amide bonds. The Balaban J connectivity index is 2.34. The van der Waals surface area contributed by atoms with E-state index in [2.05, 4.69) is 4.72 Å². The molecule has 2 aromatic rings. The van der Waals surface area contributed by atoms with Gasteiger partial charge in [-0.25, -0.2) is 17.5 Å². The van der Waals surface area contributed by atoms with E-state index < -0.39 is 15.8 Å². The molecule has 1 aromatic carbocycles. The zero-order chi connectivity index (χ0) is 14.8. The number of sulfonamides is 1. The van der Waals surface area contributed by atoms with E-state index in [-0.39, 0.29) is 16.9 Å². The molecule has 1 aromatic heterocycles. The van der Waals surface area contributed by atoms with E-state index in [1.54, 1.807) is 0 Å². The van der Waals surface area contributed by atoms with Gasteiger partial charge in [0.15, 0.2) is 0 Å². The lowest BCUT2D eigenvalue weighted by atomic mass is 10.0. The van der Waals surface area contributed by atoms with Crippen LogP contribution in [-0.2, 0) is 10.0 Å². The number of hydrogen-bond donors (Lipinski definition) is 1. The lowest BCUT2D eigenvalue weighted by Gasteiger charge is -2.21. The molecule has 2 rings (SSSR count). The van der Waals surface area contributed by atoms with Crippen molar-refractivity contribution in [3.63, 3.8) is 0 Å². The Labute approximate surface area is 122 Å². The van der Waals surface area contributed by atoms with Crippen LogP contribution in [0.25, 0.3) is 0 Å². The molecule has 6 heteroatoms. The summed E-state index contributed by atoms with van der Waals surface area (Å²) in [4.78, 5) is 0.599. The van der Waals surface area contributed by atoms with Gasteiger partial charge in [-0.1, -0.05) is 32.0 Å². The van der Waals surface area contributed by atoms with E-state index in [9.17, 15) is 12.8 Å². The van der Waals surface area contributed by atoms with Crippen molar-refractivity contribution in [1.29, 1.82) is 0 Å². The number of nitrogens with one attached hydrogen (secondary N) is 1. The Hall–Kier alpha value is -1.24. The third kappa shape index (κ3) is 3.26. The molecule has 0 aliphatic rings. The van der Waals surface area contributed by atoms with Crippen LogP contribution < -0.4 is 4.72 Å². The van der Waals surface area contributed by atoms with E-state index >= 15 is 0 Å². The van der Waals surface area contributed by atoms with Crippen LogP contribution in [0, 0.1) is 11.7 Å². The fourth-order valence-electron chi connectivity index (χ4n) is 1.88. The molecule has 0 radical (unpaired) electrons. The van der Waals surface area contributed by atoms with Crippen molar-refractivity contribution in [3.05, 3.63) is 52.5 Å². The predicted octanol–water partition coefficient (Wildman–Crippen LogP) is 3.56. The van der Waals surface area contributed by atoms with E-state index in [4.69, 9.17) is 0 Å². The fourth-order valence-corrected chi connectivity index (χ4v) is 4.35. The standard InChI is InChI=1S/C14H16FNO2S2/c1-10(2)14(12-7-5-9-19-12)16-20(17,18)13-8-4-3-6-11(13)15/h3-10,14,16H,1-2H3. The molecular weight excluding hydrogens is 297 g/mol. The molecule has 0 saturated heterocycles. The van der Waals surface area contributed by atoms with E-state index in [0.29, 0.717) is 0 Å². The largest absolute Gasteiger partial charge is 0.244 e. The summed E-state index contributed by atoms with van der Waals surface area (Å²) < 4.78 is 40.9. The second-order valence-electron chi connectivity index (χ2n) is 4.79. The molecule has 0 saturated carbocycles. The van der Waals surface area contributed by atoms with Crippen LogP contribution >= 0.6 is 11.3 Å². The summed E-state index contributed by atoms with van der Waals surface area (Å²) in [6.07, 6.45) is 0. The Morgan fingerprint density at radius 3 is 2.40 bits per heavy atom. The van der Waals surface area contributed by atoms with Crippen LogP contribution in [0.4, 0.5) is 4.39 Å². The van der Waals surface area contributed by atoms with E-state index in [1.807, 2.05) is 31.4 Å². The van der Waals surface area contributed by atoms with Crippen molar-refractivity contribution in [1.82, 2.24) is 4.72 Å². The minimum atomic E-state index is -3.88. The minimum absolute atomic E-state index is 0.0650. The van der Waals surface area contributed by atoms with Gasteiger partial charge >= 0.3 is 0 Å². The third-order valence-electron chi connectivity index (χ3n) is 2.92. The maximum atomic E-state index is 13.7. The van der Waals surface area contributed by atoms with Gasteiger partial charge < -0.3 is 0 Å². The predicted molar refractivity (Wildman–Crippen MR) is 78.6 cm³/mol. The fraction of sp³-hybridized carbons (Fsp3) is 0.286. The highest BCUT2D eigenvalue weighted by Gasteiger charge is 2.26. The molecule has 3 nitrogen and oxygen atoms in total. The smallest absolute Gasteiger partial charge is 0.207 e. The quantitative estimate of drug-likeness (QED) is 0.917. The highest BCUT2D eigenvalue weighted by molar-refractivity contribution is 7.89. The van der Waals surface area contributed by atoms with Gasteiger partial charge in [0, 0.05) is 4.88 Å². The van der Waals surface area contributed by atoms with Gasteiger partial charge in [0.2, 0.25) is 10.0 Å². The molecule has 0 aliphatic carbocycles. The summed E-state index contributed by atoms with van der Waals surface area (Å²) >= 11 is 1.48. The van der Waals surface area contributed by atoms with Gasteiger partial charge in [-0.05, 0) is 29.5 Å². The average Bonchev–Trinajstić information content (AvgIpc) is 2.89. The SMILES string of the molecule is CC(C)C(NS(=O)(=O)c1ccccc1F)c1cccs1. The normalized spacial score (nSPS) is 13.6. The van der Waals surface area contributed by atoms with Crippen LogP contribution in [-0.4, -0.2) is 8.42 Å². The molecule has 20 heavy (non-hydrogen) atoms. The molecule has 0 fully saturated rings. The molecule has 0 aliphatic heterocycles. The summed E-state index contributed by atoms with van der Waals surface area (Å²) in [5, 5.41) is 1.89. The summed E-state index contributed by atoms with van der Waals surface area (Å²) in [5.41, 5.74) is 0. The first kappa shape index (κ1) is 15.2. The van der Waals surface area contributed by atoms with Crippen molar-refractivity contribution in [2.24, 2.45) is 5.92 Å². The minimum Gasteiger partial charge on any atom is -0.207 e. The highest BCUT2D eigenvalue weighted by Crippen LogP contribution is 2.28. The molecule has 1 unspecified atom stereocenters. The van der Waals surface area contributed by atoms with Crippen LogP contribution in [0.2, 0.25) is 0 Å².